The molecule has 2 N–H and O–H groups in total. The maximum absolute atomic E-state index is 11.7. The van der Waals surface area contributed by atoms with Crippen LogP contribution in [0.25, 0.3) is 0 Å². The molecule has 0 saturated heterocycles. The largest absolute Gasteiger partial charge is 0.330 e. The van der Waals surface area contributed by atoms with Crippen molar-refractivity contribution >= 4 is 9.84 Å². The zero-order valence-electron chi connectivity index (χ0n) is 11.4. The smallest absolute Gasteiger partial charge is 0.175 e. The van der Waals surface area contributed by atoms with Gasteiger partial charge in [-0.1, -0.05) is 19.9 Å². The molecule has 0 fully saturated rings. The highest BCUT2D eigenvalue weighted by Gasteiger charge is 2.11. The van der Waals surface area contributed by atoms with Crippen LogP contribution in [0.1, 0.15) is 43.7 Å². The number of hydrogen-bond acceptors (Lipinski definition) is 3. The summed E-state index contributed by atoms with van der Waals surface area (Å²) in [6.07, 6.45) is 4.12. The molecule has 0 aromatic heterocycles. The van der Waals surface area contributed by atoms with Gasteiger partial charge in [0, 0.05) is 6.26 Å². The highest BCUT2D eigenvalue weighted by atomic mass is 32.2. The van der Waals surface area contributed by atoms with Gasteiger partial charge < -0.3 is 5.73 Å². The third-order valence-electron chi connectivity index (χ3n) is 3.00. The van der Waals surface area contributed by atoms with Crippen LogP contribution < -0.4 is 5.73 Å². The van der Waals surface area contributed by atoms with E-state index in [9.17, 15) is 8.42 Å². The first kappa shape index (κ1) is 15.2. The van der Waals surface area contributed by atoms with E-state index in [1.54, 1.807) is 12.1 Å². The standard InChI is InChI=1S/C14H23NO2S/c1-11(2)13-8-12(6-4-5-7-15)9-14(10-13)18(3,16)17/h8-11H,4-7,15H2,1-3H3. The van der Waals surface area contributed by atoms with Crippen molar-refractivity contribution in [2.45, 2.75) is 43.9 Å². The van der Waals surface area contributed by atoms with E-state index in [0.717, 1.165) is 30.4 Å². The van der Waals surface area contributed by atoms with Crippen molar-refractivity contribution in [3.63, 3.8) is 0 Å². The number of nitrogens with two attached hydrogens (primary N) is 1. The third-order valence-corrected chi connectivity index (χ3v) is 4.10. The fourth-order valence-electron chi connectivity index (χ4n) is 1.85. The summed E-state index contributed by atoms with van der Waals surface area (Å²) in [7, 11) is -3.14. The molecule has 0 spiro atoms. The van der Waals surface area contributed by atoms with Crippen molar-refractivity contribution in [1.29, 1.82) is 0 Å². The van der Waals surface area contributed by atoms with Crippen LogP contribution in [-0.4, -0.2) is 21.2 Å². The molecule has 4 heteroatoms. The Kier molecular flexibility index (Phi) is 5.35. The molecule has 102 valence electrons. The summed E-state index contributed by atoms with van der Waals surface area (Å²) in [5.41, 5.74) is 7.65. The van der Waals surface area contributed by atoms with E-state index in [1.807, 2.05) is 0 Å². The second kappa shape index (κ2) is 6.34. The van der Waals surface area contributed by atoms with E-state index in [-0.39, 0.29) is 0 Å². The molecule has 18 heavy (non-hydrogen) atoms. The maximum Gasteiger partial charge on any atom is 0.175 e. The molecular formula is C14H23NO2S. The Bertz CT molecular complexity index is 493. The van der Waals surface area contributed by atoms with E-state index < -0.39 is 9.84 Å². The van der Waals surface area contributed by atoms with E-state index in [2.05, 4.69) is 19.9 Å². The molecule has 1 aromatic rings. The van der Waals surface area contributed by atoms with Crippen LogP contribution in [0.2, 0.25) is 0 Å². The lowest BCUT2D eigenvalue weighted by Gasteiger charge is -2.11. The number of hydrogen-bond donors (Lipinski definition) is 1. The van der Waals surface area contributed by atoms with Crippen LogP contribution in [0, 0.1) is 0 Å². The molecule has 0 aliphatic rings. The van der Waals surface area contributed by atoms with Gasteiger partial charge in [-0.3, -0.25) is 0 Å². The quantitative estimate of drug-likeness (QED) is 0.807. The van der Waals surface area contributed by atoms with Gasteiger partial charge in [0.15, 0.2) is 9.84 Å². The van der Waals surface area contributed by atoms with Crippen molar-refractivity contribution < 1.29 is 8.42 Å². The van der Waals surface area contributed by atoms with E-state index in [4.69, 9.17) is 5.73 Å². The van der Waals surface area contributed by atoms with E-state index in [1.165, 1.54) is 6.26 Å². The SMILES string of the molecule is CC(C)c1cc(CCCCN)cc(S(C)(=O)=O)c1. The minimum Gasteiger partial charge on any atom is -0.330 e. The van der Waals surface area contributed by atoms with Crippen molar-refractivity contribution in [3.8, 4) is 0 Å². The maximum atomic E-state index is 11.7. The molecule has 0 aliphatic heterocycles. The summed E-state index contributed by atoms with van der Waals surface area (Å²) < 4.78 is 23.3. The fourth-order valence-corrected chi connectivity index (χ4v) is 2.57. The number of sulfone groups is 1. The Hall–Kier alpha value is -0.870. The van der Waals surface area contributed by atoms with E-state index in [0.29, 0.717) is 17.4 Å². The van der Waals surface area contributed by atoms with Gasteiger partial charge in [-0.15, -0.1) is 0 Å². The lowest BCUT2D eigenvalue weighted by Crippen LogP contribution is -2.03. The van der Waals surface area contributed by atoms with Crippen LogP contribution in [-0.2, 0) is 16.3 Å². The Balaban J connectivity index is 3.07. The molecule has 0 aliphatic carbocycles. The Labute approximate surface area is 110 Å². The normalized spacial score (nSPS) is 12.1. The number of benzene rings is 1. The van der Waals surface area contributed by atoms with Gasteiger partial charge >= 0.3 is 0 Å². The second-order valence-corrected chi connectivity index (χ2v) is 7.10. The lowest BCUT2D eigenvalue weighted by atomic mass is 9.98. The van der Waals surface area contributed by atoms with Gasteiger partial charge in [0.05, 0.1) is 4.90 Å². The molecular weight excluding hydrogens is 246 g/mol. The van der Waals surface area contributed by atoms with Crippen molar-refractivity contribution in [3.05, 3.63) is 29.3 Å². The molecule has 1 aromatic carbocycles. The number of aryl methyl sites for hydroxylation is 1. The van der Waals surface area contributed by atoms with Gasteiger partial charge in [-0.2, -0.15) is 0 Å². The first-order valence-electron chi connectivity index (χ1n) is 6.38. The predicted molar refractivity (Wildman–Crippen MR) is 75.6 cm³/mol. The molecule has 1 rings (SSSR count). The summed E-state index contributed by atoms with van der Waals surface area (Å²) in [6.45, 7) is 4.83. The molecule has 0 atom stereocenters. The summed E-state index contributed by atoms with van der Waals surface area (Å²) in [5, 5.41) is 0. The van der Waals surface area contributed by atoms with Gasteiger partial charge in [0.25, 0.3) is 0 Å². The molecule has 0 unspecified atom stereocenters. The highest BCUT2D eigenvalue weighted by Crippen LogP contribution is 2.22. The van der Waals surface area contributed by atoms with Gasteiger partial charge in [-0.25, -0.2) is 8.42 Å². The minimum atomic E-state index is -3.14. The van der Waals surface area contributed by atoms with Crippen molar-refractivity contribution in [2.24, 2.45) is 5.73 Å². The second-order valence-electron chi connectivity index (χ2n) is 5.08. The van der Waals surface area contributed by atoms with Crippen LogP contribution in [0.15, 0.2) is 23.1 Å². The molecule has 3 nitrogen and oxygen atoms in total. The average molecular weight is 269 g/mol. The van der Waals surface area contributed by atoms with Crippen molar-refractivity contribution in [2.75, 3.05) is 12.8 Å². The Morgan fingerprint density at radius 3 is 2.33 bits per heavy atom. The number of unbranched alkanes of at least 4 members (excludes halogenated alkanes) is 1. The lowest BCUT2D eigenvalue weighted by molar-refractivity contribution is 0.601. The molecule has 0 saturated carbocycles. The Morgan fingerprint density at radius 1 is 1.17 bits per heavy atom. The molecule has 0 bridgehead atoms. The van der Waals surface area contributed by atoms with E-state index >= 15 is 0 Å². The first-order valence-corrected chi connectivity index (χ1v) is 8.27. The monoisotopic (exact) mass is 269 g/mol. The molecule has 0 amide bonds. The zero-order chi connectivity index (χ0) is 13.8. The average Bonchev–Trinajstić information content (AvgIpc) is 2.28. The third kappa shape index (κ3) is 4.42. The molecule has 0 radical (unpaired) electrons. The Morgan fingerprint density at radius 2 is 1.83 bits per heavy atom. The van der Waals surface area contributed by atoms with Crippen LogP contribution in [0.5, 0.6) is 0 Å². The molecule has 0 heterocycles. The summed E-state index contributed by atoms with van der Waals surface area (Å²) in [5.74, 6) is 0.333. The predicted octanol–water partition coefficient (Wildman–Crippen LogP) is 2.49. The number of rotatable bonds is 6. The highest BCUT2D eigenvalue weighted by molar-refractivity contribution is 7.90. The fraction of sp³-hybridized carbons (Fsp3) is 0.571. The van der Waals surface area contributed by atoms with Crippen molar-refractivity contribution in [1.82, 2.24) is 0 Å². The minimum absolute atomic E-state index is 0.333. The van der Waals surface area contributed by atoms with Gasteiger partial charge in [-0.05, 0) is 55.0 Å². The summed E-state index contributed by atoms with van der Waals surface area (Å²) >= 11 is 0. The van der Waals surface area contributed by atoms with Gasteiger partial charge in [0.2, 0.25) is 0 Å². The van der Waals surface area contributed by atoms with Crippen LogP contribution in [0.3, 0.4) is 0 Å². The zero-order valence-corrected chi connectivity index (χ0v) is 12.3. The van der Waals surface area contributed by atoms with Crippen LogP contribution in [0.4, 0.5) is 0 Å². The van der Waals surface area contributed by atoms with Crippen LogP contribution >= 0.6 is 0 Å². The van der Waals surface area contributed by atoms with Gasteiger partial charge in [0.1, 0.15) is 0 Å². The summed E-state index contributed by atoms with van der Waals surface area (Å²) in [6, 6.07) is 5.68. The topological polar surface area (TPSA) is 60.2 Å². The summed E-state index contributed by atoms with van der Waals surface area (Å²) in [4.78, 5) is 0.427. The first-order chi connectivity index (χ1) is 8.34.